The summed E-state index contributed by atoms with van der Waals surface area (Å²) in [5, 5.41) is 0.636. The lowest BCUT2D eigenvalue weighted by Crippen LogP contribution is -2.44. The maximum atomic E-state index is 13.2. The molecule has 2 bridgehead atoms. The van der Waals surface area contributed by atoms with E-state index in [4.69, 9.17) is 23.2 Å². The minimum atomic E-state index is -0.627. The average molecular weight is 386 g/mol. The monoisotopic (exact) mass is 385 g/mol. The van der Waals surface area contributed by atoms with Gasteiger partial charge in [-0.15, -0.1) is 0 Å². The van der Waals surface area contributed by atoms with Crippen LogP contribution in [-0.2, 0) is 14.4 Å². The van der Waals surface area contributed by atoms with Crippen molar-refractivity contribution in [1.29, 1.82) is 0 Å². The van der Waals surface area contributed by atoms with Crippen LogP contribution in [-0.4, -0.2) is 17.6 Å². The molecule has 1 saturated heterocycles. The van der Waals surface area contributed by atoms with Gasteiger partial charge in [-0.3, -0.25) is 14.4 Å². The van der Waals surface area contributed by atoms with Gasteiger partial charge in [0.2, 0.25) is 11.8 Å². The molecule has 26 heavy (non-hydrogen) atoms. The fraction of sp³-hybridized carbons (Fsp3) is 0.250. The van der Waals surface area contributed by atoms with E-state index in [-0.39, 0.29) is 28.5 Å². The van der Waals surface area contributed by atoms with E-state index in [2.05, 4.69) is 0 Å². The fourth-order valence-electron chi connectivity index (χ4n) is 4.84. The molecule has 130 valence electrons. The van der Waals surface area contributed by atoms with Gasteiger partial charge in [0.25, 0.3) is 0 Å². The zero-order valence-electron chi connectivity index (χ0n) is 13.5. The second-order valence-corrected chi connectivity index (χ2v) is 7.86. The van der Waals surface area contributed by atoms with Crippen molar-refractivity contribution in [2.24, 2.45) is 11.8 Å². The Labute approximate surface area is 159 Å². The summed E-state index contributed by atoms with van der Waals surface area (Å²) in [4.78, 5) is 40.2. The minimum absolute atomic E-state index is 0.0482. The highest BCUT2D eigenvalue weighted by Crippen LogP contribution is 2.57. The number of halogens is 2. The van der Waals surface area contributed by atoms with Gasteiger partial charge in [0.05, 0.1) is 33.5 Å². The van der Waals surface area contributed by atoms with Crippen LogP contribution in [0, 0.1) is 11.8 Å². The fourth-order valence-corrected chi connectivity index (χ4v) is 5.13. The van der Waals surface area contributed by atoms with Gasteiger partial charge in [-0.2, -0.15) is 0 Å². The van der Waals surface area contributed by atoms with Crippen molar-refractivity contribution < 1.29 is 14.4 Å². The number of nitrogens with zero attached hydrogens (tertiary/aromatic N) is 1. The molecule has 1 aliphatic heterocycles. The Morgan fingerprint density at radius 2 is 1.54 bits per heavy atom. The number of amides is 2. The van der Waals surface area contributed by atoms with Crippen molar-refractivity contribution in [2.75, 3.05) is 4.90 Å². The highest BCUT2D eigenvalue weighted by Gasteiger charge is 2.62. The van der Waals surface area contributed by atoms with Gasteiger partial charge in [0.15, 0.2) is 0 Å². The summed E-state index contributed by atoms with van der Waals surface area (Å²) in [6, 6.07) is 12.4. The summed E-state index contributed by atoms with van der Waals surface area (Å²) >= 11 is 12.0. The van der Waals surface area contributed by atoms with Gasteiger partial charge in [-0.1, -0.05) is 47.5 Å². The van der Waals surface area contributed by atoms with Crippen LogP contribution in [0.15, 0.2) is 42.5 Å². The summed E-state index contributed by atoms with van der Waals surface area (Å²) in [6.07, 6.45) is 0.317. The Kier molecular flexibility index (Phi) is 3.34. The smallest absolute Gasteiger partial charge is 0.238 e. The Morgan fingerprint density at radius 1 is 0.846 bits per heavy atom. The van der Waals surface area contributed by atoms with Gasteiger partial charge >= 0.3 is 0 Å². The van der Waals surface area contributed by atoms with Crippen LogP contribution in [0.25, 0.3) is 0 Å². The minimum Gasteiger partial charge on any atom is -0.299 e. The number of rotatable bonds is 1. The van der Waals surface area contributed by atoms with E-state index in [0.717, 1.165) is 11.1 Å². The van der Waals surface area contributed by atoms with Gasteiger partial charge in [0.1, 0.15) is 5.78 Å². The Bertz CT molecular complexity index is 1000. The predicted octanol–water partition coefficient (Wildman–Crippen LogP) is 3.95. The highest BCUT2D eigenvalue weighted by molar-refractivity contribution is 6.42. The quantitative estimate of drug-likeness (QED) is 0.698. The van der Waals surface area contributed by atoms with Crippen molar-refractivity contribution in [1.82, 2.24) is 0 Å². The summed E-state index contributed by atoms with van der Waals surface area (Å²) in [6.45, 7) is 0. The molecule has 0 radical (unpaired) electrons. The van der Waals surface area contributed by atoms with Gasteiger partial charge < -0.3 is 0 Å². The normalized spacial score (nSPS) is 29.2. The molecule has 0 aromatic heterocycles. The molecule has 2 fully saturated rings. The lowest BCUT2D eigenvalue weighted by Gasteiger charge is -2.43. The first-order valence-corrected chi connectivity index (χ1v) is 9.19. The third kappa shape index (κ3) is 1.94. The lowest BCUT2D eigenvalue weighted by atomic mass is 9.56. The van der Waals surface area contributed by atoms with Crippen molar-refractivity contribution in [3.63, 3.8) is 0 Å². The number of hydrogen-bond acceptors (Lipinski definition) is 3. The van der Waals surface area contributed by atoms with E-state index in [9.17, 15) is 14.4 Å². The number of hydrogen-bond donors (Lipinski definition) is 0. The van der Waals surface area contributed by atoms with E-state index in [0.29, 0.717) is 17.1 Å². The maximum Gasteiger partial charge on any atom is 0.238 e. The Balaban J connectivity index is 1.65. The lowest BCUT2D eigenvalue weighted by molar-refractivity contribution is -0.134. The second-order valence-electron chi connectivity index (χ2n) is 7.05. The molecule has 2 amide bonds. The van der Waals surface area contributed by atoms with E-state index in [1.807, 2.05) is 24.3 Å². The molecule has 4 atom stereocenters. The molecule has 0 N–H and O–H groups in total. The molecule has 2 aromatic rings. The molecule has 3 aliphatic carbocycles. The molecule has 4 aliphatic rings. The second kappa shape index (κ2) is 5.41. The van der Waals surface area contributed by atoms with Gasteiger partial charge in [-0.05, 0) is 29.3 Å². The molecular formula is C20H13Cl2NO3. The zero-order chi connectivity index (χ0) is 18.2. The first-order chi connectivity index (χ1) is 12.5. The topological polar surface area (TPSA) is 54.5 Å². The summed E-state index contributed by atoms with van der Waals surface area (Å²) in [5.41, 5.74) is 2.32. The zero-order valence-corrected chi connectivity index (χ0v) is 15.0. The number of carbonyl (C=O) groups excluding carboxylic acids is 3. The van der Waals surface area contributed by atoms with Crippen LogP contribution >= 0.6 is 23.2 Å². The summed E-state index contributed by atoms with van der Waals surface area (Å²) in [5.74, 6) is -2.42. The third-order valence-electron chi connectivity index (χ3n) is 5.85. The molecule has 6 heteroatoms. The molecular weight excluding hydrogens is 373 g/mol. The number of carbonyl (C=O) groups is 3. The third-order valence-corrected chi connectivity index (χ3v) is 6.59. The number of fused-ring (bicyclic) bond motifs is 1. The standard InChI is InChI=1S/C20H13Cl2NO3/c21-13-6-5-9(7-14(13)22)23-19(25)17-12-8-15(24)16(18(17)20(23)26)11-4-2-1-3-10(11)12/h1-7,12,16-18H,8H2/t12-,16-,17-,18+/m1/s1. The van der Waals surface area contributed by atoms with Crippen molar-refractivity contribution >= 4 is 46.5 Å². The number of imide groups is 1. The molecule has 6 rings (SSSR count). The first kappa shape index (κ1) is 16.0. The van der Waals surface area contributed by atoms with Crippen LogP contribution in [0.5, 0.6) is 0 Å². The molecule has 0 spiro atoms. The first-order valence-electron chi connectivity index (χ1n) is 8.43. The number of benzene rings is 2. The van der Waals surface area contributed by atoms with Crippen molar-refractivity contribution in [2.45, 2.75) is 18.3 Å². The molecule has 1 saturated carbocycles. The van der Waals surface area contributed by atoms with Crippen molar-refractivity contribution in [3.05, 3.63) is 63.6 Å². The number of Topliss-reactive ketones (excluding diaryl/α,β-unsaturated/α-hetero) is 1. The largest absolute Gasteiger partial charge is 0.299 e. The van der Waals surface area contributed by atoms with Crippen LogP contribution in [0.1, 0.15) is 29.4 Å². The molecule has 0 unspecified atom stereocenters. The Hall–Kier alpha value is -2.17. The molecule has 2 aromatic carbocycles. The van der Waals surface area contributed by atoms with Gasteiger partial charge in [0, 0.05) is 12.3 Å². The highest BCUT2D eigenvalue weighted by atomic mass is 35.5. The summed E-state index contributed by atoms with van der Waals surface area (Å²) in [7, 11) is 0. The predicted molar refractivity (Wildman–Crippen MR) is 97.5 cm³/mol. The Morgan fingerprint density at radius 3 is 2.27 bits per heavy atom. The van der Waals surface area contributed by atoms with Crippen LogP contribution in [0.3, 0.4) is 0 Å². The van der Waals surface area contributed by atoms with Gasteiger partial charge in [-0.25, -0.2) is 4.90 Å². The molecule has 4 nitrogen and oxygen atoms in total. The van der Waals surface area contributed by atoms with E-state index >= 15 is 0 Å². The SMILES string of the molecule is O=C1C[C@@H]2c3ccccc3[C@H]1[C@@H]1C(=O)N(c3ccc(Cl)c(Cl)c3)C(=O)[C@@H]12. The van der Waals surface area contributed by atoms with Crippen molar-refractivity contribution in [3.8, 4) is 0 Å². The average Bonchev–Trinajstić information content (AvgIpc) is 2.90. The van der Waals surface area contributed by atoms with E-state index in [1.54, 1.807) is 12.1 Å². The maximum absolute atomic E-state index is 13.2. The van der Waals surface area contributed by atoms with E-state index in [1.165, 1.54) is 11.0 Å². The number of ketones is 1. The van der Waals surface area contributed by atoms with Crippen LogP contribution in [0.4, 0.5) is 5.69 Å². The van der Waals surface area contributed by atoms with Crippen LogP contribution in [0.2, 0.25) is 10.0 Å². The summed E-state index contributed by atoms with van der Waals surface area (Å²) < 4.78 is 0. The van der Waals surface area contributed by atoms with Crippen LogP contribution < -0.4 is 4.90 Å². The number of anilines is 1. The molecule has 1 heterocycles. The van der Waals surface area contributed by atoms with E-state index < -0.39 is 17.8 Å².